The summed E-state index contributed by atoms with van der Waals surface area (Å²) in [6.07, 6.45) is 15.6. The van der Waals surface area contributed by atoms with Crippen molar-refractivity contribution < 1.29 is 15.0 Å². The van der Waals surface area contributed by atoms with Crippen molar-refractivity contribution in [1.29, 1.82) is 0 Å². The van der Waals surface area contributed by atoms with Crippen molar-refractivity contribution in [1.82, 2.24) is 0 Å². The summed E-state index contributed by atoms with van der Waals surface area (Å²) in [5.41, 5.74) is 4.03. The standard InChI is InChI=1S/C25H38O3/c1-18(2)7-6-16-25(24(27)28)22-13-10-19(3)8-5-9-20(4)11-15-23(25)21(17-26)12-14-22/h7,9-10,12,22-23,26H,5-6,8,11,13-17H2,1-4H3,(H,27,28)/b19-10-,20-9-/t22-,23-,25-/m0/s1. The van der Waals surface area contributed by atoms with Crippen molar-refractivity contribution in [2.45, 2.75) is 79.1 Å². The minimum absolute atomic E-state index is 0.0350. The van der Waals surface area contributed by atoms with Gasteiger partial charge in [0.25, 0.3) is 0 Å². The van der Waals surface area contributed by atoms with Gasteiger partial charge in [-0.3, -0.25) is 4.79 Å². The first-order valence-corrected chi connectivity index (χ1v) is 10.8. The van der Waals surface area contributed by atoms with Crippen LogP contribution in [0.2, 0.25) is 0 Å². The van der Waals surface area contributed by atoms with Crippen molar-refractivity contribution in [3.63, 3.8) is 0 Å². The van der Waals surface area contributed by atoms with Crippen molar-refractivity contribution >= 4 is 5.97 Å². The molecule has 3 heteroatoms. The maximum Gasteiger partial charge on any atom is 0.310 e. The summed E-state index contributed by atoms with van der Waals surface area (Å²) in [5, 5.41) is 20.6. The Morgan fingerprint density at radius 2 is 1.82 bits per heavy atom. The van der Waals surface area contributed by atoms with E-state index in [4.69, 9.17) is 0 Å². The minimum Gasteiger partial charge on any atom is -0.481 e. The van der Waals surface area contributed by atoms with E-state index in [0.717, 1.165) is 50.5 Å². The lowest BCUT2D eigenvalue weighted by atomic mass is 9.55. The van der Waals surface area contributed by atoms with Crippen LogP contribution in [0.4, 0.5) is 0 Å². The molecule has 0 aromatic heterocycles. The van der Waals surface area contributed by atoms with E-state index >= 15 is 0 Å². The molecule has 2 bridgehead atoms. The van der Waals surface area contributed by atoms with Gasteiger partial charge in [0, 0.05) is 0 Å². The lowest BCUT2D eigenvalue weighted by Crippen LogP contribution is -2.48. The van der Waals surface area contributed by atoms with Crippen LogP contribution in [0.25, 0.3) is 0 Å². The molecule has 3 nitrogen and oxygen atoms in total. The second-order valence-electron chi connectivity index (χ2n) is 9.00. The smallest absolute Gasteiger partial charge is 0.310 e. The summed E-state index contributed by atoms with van der Waals surface area (Å²) < 4.78 is 0. The number of carboxylic acids is 1. The Morgan fingerprint density at radius 3 is 2.46 bits per heavy atom. The highest BCUT2D eigenvalue weighted by Crippen LogP contribution is 2.53. The number of aliphatic carboxylic acids is 1. The number of carbonyl (C=O) groups is 1. The maximum atomic E-state index is 12.8. The van der Waals surface area contributed by atoms with E-state index in [1.54, 1.807) is 0 Å². The molecule has 2 aliphatic carbocycles. The minimum atomic E-state index is -0.810. The molecule has 3 atom stereocenters. The molecular formula is C25H38O3. The monoisotopic (exact) mass is 386 g/mol. The molecule has 0 aromatic carbocycles. The van der Waals surface area contributed by atoms with Gasteiger partial charge in [0.2, 0.25) is 0 Å². The number of allylic oxidation sites excluding steroid dienone is 7. The Kier molecular flexibility index (Phi) is 8.30. The van der Waals surface area contributed by atoms with E-state index in [1.807, 2.05) is 0 Å². The van der Waals surface area contributed by atoms with Crippen molar-refractivity contribution in [2.24, 2.45) is 17.3 Å². The zero-order valence-corrected chi connectivity index (χ0v) is 18.1. The molecule has 2 N–H and O–H groups in total. The Bertz CT molecular complexity index is 676. The molecule has 156 valence electrons. The van der Waals surface area contributed by atoms with Crippen LogP contribution in [0.15, 0.2) is 46.6 Å². The highest BCUT2D eigenvalue weighted by Gasteiger charge is 2.52. The molecule has 0 amide bonds. The predicted molar refractivity (Wildman–Crippen MR) is 116 cm³/mol. The number of fused-ring (bicyclic) bond motifs is 2. The number of hydrogen-bond donors (Lipinski definition) is 2. The van der Waals surface area contributed by atoms with Gasteiger partial charge in [-0.1, -0.05) is 41.0 Å². The van der Waals surface area contributed by atoms with Gasteiger partial charge in [0.15, 0.2) is 0 Å². The molecule has 0 aliphatic heterocycles. The second-order valence-corrected chi connectivity index (χ2v) is 9.00. The third-order valence-electron chi connectivity index (χ3n) is 6.76. The van der Waals surface area contributed by atoms with E-state index in [9.17, 15) is 15.0 Å². The summed E-state index contributed by atoms with van der Waals surface area (Å²) >= 11 is 0. The van der Waals surface area contributed by atoms with Crippen LogP contribution >= 0.6 is 0 Å². The Hall–Kier alpha value is -1.61. The fraction of sp³-hybridized carbons (Fsp3) is 0.640. The van der Waals surface area contributed by atoms with Crippen LogP contribution < -0.4 is 0 Å². The lowest BCUT2D eigenvalue weighted by Gasteiger charge is -2.47. The van der Waals surface area contributed by atoms with Crippen LogP contribution in [-0.4, -0.2) is 22.8 Å². The van der Waals surface area contributed by atoms with Crippen LogP contribution in [0, 0.1) is 17.3 Å². The molecular weight excluding hydrogens is 348 g/mol. The fourth-order valence-electron chi connectivity index (χ4n) is 5.06. The van der Waals surface area contributed by atoms with Crippen molar-refractivity contribution in [2.75, 3.05) is 6.61 Å². The summed E-state index contributed by atoms with van der Waals surface area (Å²) in [6, 6.07) is 0. The first-order valence-electron chi connectivity index (χ1n) is 10.8. The molecule has 0 fully saturated rings. The number of aliphatic hydroxyl groups excluding tert-OH is 1. The zero-order chi connectivity index (χ0) is 20.7. The van der Waals surface area contributed by atoms with Crippen LogP contribution in [0.1, 0.15) is 79.1 Å². The Morgan fingerprint density at radius 1 is 1.14 bits per heavy atom. The molecule has 28 heavy (non-hydrogen) atoms. The number of carboxylic acid groups (broad SMARTS) is 1. The largest absolute Gasteiger partial charge is 0.481 e. The van der Waals surface area contributed by atoms with Gasteiger partial charge in [-0.2, -0.15) is 0 Å². The summed E-state index contributed by atoms with van der Waals surface area (Å²) in [5.74, 6) is -0.709. The fourth-order valence-corrected chi connectivity index (χ4v) is 5.06. The third kappa shape index (κ3) is 5.26. The zero-order valence-electron chi connectivity index (χ0n) is 18.1. The number of rotatable bonds is 5. The van der Waals surface area contributed by atoms with Crippen molar-refractivity contribution in [3.05, 3.63) is 46.6 Å². The van der Waals surface area contributed by atoms with E-state index in [1.165, 1.54) is 16.7 Å². The molecule has 0 spiro atoms. The van der Waals surface area contributed by atoms with E-state index < -0.39 is 11.4 Å². The topological polar surface area (TPSA) is 57.5 Å². The lowest BCUT2D eigenvalue weighted by molar-refractivity contribution is -0.158. The Labute approximate surface area is 170 Å². The molecule has 2 rings (SSSR count). The predicted octanol–water partition coefficient (Wildman–Crippen LogP) is 6.22. The quantitative estimate of drug-likeness (QED) is 0.552. The average Bonchev–Trinajstić information content (AvgIpc) is 2.63. The normalized spacial score (nSPS) is 32.5. The molecule has 0 saturated carbocycles. The molecule has 0 saturated heterocycles. The molecule has 0 aromatic rings. The Balaban J connectivity index is 2.53. The highest BCUT2D eigenvalue weighted by molar-refractivity contribution is 5.76. The van der Waals surface area contributed by atoms with E-state index in [-0.39, 0.29) is 18.4 Å². The van der Waals surface area contributed by atoms with Gasteiger partial charge >= 0.3 is 5.97 Å². The first kappa shape index (κ1) is 22.7. The van der Waals surface area contributed by atoms with Crippen LogP contribution in [0.5, 0.6) is 0 Å². The number of hydrogen-bond acceptors (Lipinski definition) is 2. The van der Waals surface area contributed by atoms with Gasteiger partial charge in [-0.15, -0.1) is 0 Å². The highest BCUT2D eigenvalue weighted by atomic mass is 16.4. The average molecular weight is 387 g/mol. The summed E-state index contributed by atoms with van der Waals surface area (Å²) in [7, 11) is 0. The van der Waals surface area contributed by atoms with Gasteiger partial charge in [0.05, 0.1) is 12.0 Å². The second kappa shape index (κ2) is 10.2. The van der Waals surface area contributed by atoms with E-state index in [2.05, 4.69) is 52.0 Å². The van der Waals surface area contributed by atoms with Gasteiger partial charge in [-0.25, -0.2) is 0 Å². The first-order chi connectivity index (χ1) is 13.3. The summed E-state index contributed by atoms with van der Waals surface area (Å²) in [4.78, 5) is 12.8. The van der Waals surface area contributed by atoms with Crippen LogP contribution in [-0.2, 0) is 4.79 Å². The van der Waals surface area contributed by atoms with Gasteiger partial charge < -0.3 is 10.2 Å². The molecule has 0 heterocycles. The summed E-state index contributed by atoms with van der Waals surface area (Å²) in [6.45, 7) is 8.41. The number of aliphatic hydroxyl groups is 1. The molecule has 0 unspecified atom stereocenters. The SMILES string of the molecule is CC(C)=CCC[C@]1(C(=O)O)[C@@H]2CC=C(CO)[C@@H]1CC/C(C)=C\CC/C(C)=C\C2. The van der Waals surface area contributed by atoms with Crippen molar-refractivity contribution in [3.8, 4) is 0 Å². The van der Waals surface area contributed by atoms with Crippen LogP contribution in [0.3, 0.4) is 0 Å². The molecule has 2 aliphatic rings. The third-order valence-corrected chi connectivity index (χ3v) is 6.76. The van der Waals surface area contributed by atoms with Gasteiger partial charge in [0.1, 0.15) is 0 Å². The maximum absolute atomic E-state index is 12.8. The van der Waals surface area contributed by atoms with E-state index in [0.29, 0.717) is 6.42 Å². The molecule has 0 radical (unpaired) electrons. The van der Waals surface area contributed by atoms with Gasteiger partial charge in [-0.05, 0) is 96.5 Å².